The van der Waals surface area contributed by atoms with E-state index in [1.807, 2.05) is 4.90 Å². The fraction of sp³-hybridized carbons (Fsp3) is 0.370. The number of carbonyl (C=O) groups excluding carboxylic acids is 1. The zero-order valence-electron chi connectivity index (χ0n) is 21.5. The van der Waals surface area contributed by atoms with E-state index >= 15 is 0 Å². The molecule has 1 saturated heterocycles. The van der Waals surface area contributed by atoms with Gasteiger partial charge < -0.3 is 25.0 Å². The fourth-order valence-corrected chi connectivity index (χ4v) is 5.26. The molecule has 0 atom stereocenters. The first-order valence-corrected chi connectivity index (χ1v) is 12.5. The minimum Gasteiger partial charge on any atom is -0.497 e. The minimum absolute atomic E-state index is 0.0975. The predicted octanol–water partition coefficient (Wildman–Crippen LogP) is 3.38. The molecule has 2 aliphatic heterocycles. The maximum absolute atomic E-state index is 14.3. The molecule has 12 heteroatoms. The van der Waals surface area contributed by atoms with Crippen LogP contribution in [0, 0.1) is 0 Å². The summed E-state index contributed by atoms with van der Waals surface area (Å²) in [6.45, 7) is 1.44. The number of nitrogens with two attached hydrogens (primary N) is 1. The first kappa shape index (κ1) is 26.4. The van der Waals surface area contributed by atoms with Crippen LogP contribution in [0.4, 0.5) is 24.5 Å². The van der Waals surface area contributed by atoms with E-state index < -0.39 is 23.2 Å². The molecule has 9 nitrogen and oxygen atoms in total. The zero-order chi connectivity index (χ0) is 27.9. The quantitative estimate of drug-likeness (QED) is 0.488. The molecule has 0 bridgehead atoms. The van der Waals surface area contributed by atoms with E-state index in [1.165, 1.54) is 31.3 Å². The molecule has 0 radical (unpaired) electrons. The second kappa shape index (κ2) is 10.2. The molecule has 39 heavy (non-hydrogen) atoms. The molecule has 0 saturated carbocycles. The van der Waals surface area contributed by atoms with Crippen LogP contribution in [0.15, 0.2) is 41.2 Å². The van der Waals surface area contributed by atoms with Crippen molar-refractivity contribution in [2.24, 2.45) is 5.73 Å². The Balaban J connectivity index is 1.81. The topological polar surface area (TPSA) is 103 Å². The summed E-state index contributed by atoms with van der Waals surface area (Å²) < 4.78 is 54.3. The highest BCUT2D eigenvalue weighted by atomic mass is 19.4. The van der Waals surface area contributed by atoms with E-state index in [1.54, 1.807) is 18.2 Å². The monoisotopic (exact) mass is 543 g/mol. The van der Waals surface area contributed by atoms with Crippen molar-refractivity contribution in [3.63, 3.8) is 0 Å². The maximum atomic E-state index is 14.3. The molecule has 0 spiro atoms. The number of amides is 1. The van der Waals surface area contributed by atoms with Gasteiger partial charge in [0.25, 0.3) is 5.56 Å². The molecule has 2 N–H and O–H groups in total. The number of rotatable bonds is 7. The molecule has 0 aliphatic carbocycles. The third-order valence-electron chi connectivity index (χ3n) is 7.07. The molecule has 5 rings (SSSR count). The number of alkyl halides is 3. The van der Waals surface area contributed by atoms with Gasteiger partial charge in [-0.1, -0.05) is 0 Å². The lowest BCUT2D eigenvalue weighted by Crippen LogP contribution is -2.37. The fourth-order valence-electron chi connectivity index (χ4n) is 5.26. The summed E-state index contributed by atoms with van der Waals surface area (Å²) in [4.78, 5) is 29.1. The number of nitrogens with zero attached hydrogens (tertiary/aromatic N) is 4. The van der Waals surface area contributed by atoms with Crippen molar-refractivity contribution in [1.82, 2.24) is 9.78 Å². The Morgan fingerprint density at radius 2 is 1.69 bits per heavy atom. The summed E-state index contributed by atoms with van der Waals surface area (Å²) in [7, 11) is 2.96. The van der Waals surface area contributed by atoms with E-state index in [-0.39, 0.29) is 30.2 Å². The first-order valence-electron chi connectivity index (χ1n) is 12.5. The standard InChI is InChI=1S/C27H28F3N5O4/c1-38-18-11-16(12-19(14-18)39-2)24-20-7-10-34(15-23(31)36)25(20)26(37)35(32-24)22-13-17(33-8-3-4-9-33)5-6-21(22)27(28,29)30/h5-6,11-14H,3-4,7-10,15H2,1-2H3,(H2,31,36). The number of carbonyl (C=O) groups is 1. The Morgan fingerprint density at radius 3 is 2.28 bits per heavy atom. The molecular weight excluding hydrogens is 515 g/mol. The SMILES string of the molecule is COc1cc(OC)cc(-c2nn(-c3cc(N4CCCC4)ccc3C(F)(F)F)c(=O)c3c2CCN3CC(N)=O)c1. The lowest BCUT2D eigenvalue weighted by Gasteiger charge is -2.23. The van der Waals surface area contributed by atoms with Crippen LogP contribution in [-0.4, -0.2) is 56.1 Å². The van der Waals surface area contributed by atoms with E-state index in [9.17, 15) is 22.8 Å². The Labute approximate surface area is 222 Å². The molecule has 3 aromatic rings. The van der Waals surface area contributed by atoms with Crippen LogP contribution in [-0.2, 0) is 17.4 Å². The van der Waals surface area contributed by atoms with Gasteiger partial charge in [-0.3, -0.25) is 9.59 Å². The van der Waals surface area contributed by atoms with Crippen LogP contribution in [0.2, 0.25) is 0 Å². The summed E-state index contributed by atoms with van der Waals surface area (Å²) in [5, 5.41) is 4.52. The van der Waals surface area contributed by atoms with Crippen molar-refractivity contribution in [1.29, 1.82) is 0 Å². The van der Waals surface area contributed by atoms with Gasteiger partial charge in [0.1, 0.15) is 17.2 Å². The highest BCUT2D eigenvalue weighted by Crippen LogP contribution is 2.39. The number of methoxy groups -OCH3 is 2. The number of hydrogen-bond donors (Lipinski definition) is 1. The number of anilines is 2. The molecule has 0 unspecified atom stereocenters. The van der Waals surface area contributed by atoms with Crippen molar-refractivity contribution in [3.05, 3.63) is 57.9 Å². The first-order chi connectivity index (χ1) is 18.6. The summed E-state index contributed by atoms with van der Waals surface area (Å²) in [6.07, 6.45) is -2.54. The average molecular weight is 544 g/mol. The number of hydrogen-bond acceptors (Lipinski definition) is 7. The normalized spacial score (nSPS) is 15.0. The second-order valence-corrected chi connectivity index (χ2v) is 9.53. The average Bonchev–Trinajstić information content (AvgIpc) is 3.58. The second-order valence-electron chi connectivity index (χ2n) is 9.53. The van der Waals surface area contributed by atoms with Gasteiger partial charge in [0, 0.05) is 42.5 Å². The third-order valence-corrected chi connectivity index (χ3v) is 7.07. The van der Waals surface area contributed by atoms with Crippen LogP contribution in [0.3, 0.4) is 0 Å². The van der Waals surface area contributed by atoms with Crippen LogP contribution in [0.5, 0.6) is 11.5 Å². The predicted molar refractivity (Wildman–Crippen MR) is 140 cm³/mol. The largest absolute Gasteiger partial charge is 0.497 e. The Morgan fingerprint density at radius 1 is 1.03 bits per heavy atom. The van der Waals surface area contributed by atoms with Crippen molar-refractivity contribution in [3.8, 4) is 28.4 Å². The molecule has 2 aromatic carbocycles. The molecule has 206 valence electrons. The Hall–Kier alpha value is -4.22. The Bertz CT molecular complexity index is 1460. The van der Waals surface area contributed by atoms with Crippen molar-refractivity contribution < 1.29 is 27.4 Å². The van der Waals surface area contributed by atoms with E-state index in [0.29, 0.717) is 47.8 Å². The van der Waals surface area contributed by atoms with Gasteiger partial charge in [0.2, 0.25) is 5.91 Å². The number of aromatic nitrogens is 2. The molecule has 1 amide bonds. The summed E-state index contributed by atoms with van der Waals surface area (Å²) in [6, 6.07) is 8.76. The molecule has 1 fully saturated rings. The zero-order valence-corrected chi connectivity index (χ0v) is 21.5. The van der Waals surface area contributed by atoms with E-state index in [0.717, 1.165) is 23.6 Å². The number of ether oxygens (including phenoxy) is 2. The van der Waals surface area contributed by atoms with E-state index in [4.69, 9.17) is 15.2 Å². The lowest BCUT2D eigenvalue weighted by molar-refractivity contribution is -0.137. The van der Waals surface area contributed by atoms with Gasteiger partial charge in [-0.25, -0.2) is 0 Å². The molecular formula is C27H28F3N5O4. The molecule has 3 heterocycles. The summed E-state index contributed by atoms with van der Waals surface area (Å²) in [5.41, 5.74) is 5.25. The molecule has 2 aliphatic rings. The van der Waals surface area contributed by atoms with Crippen LogP contribution < -0.4 is 30.6 Å². The van der Waals surface area contributed by atoms with Crippen LogP contribution >= 0.6 is 0 Å². The van der Waals surface area contributed by atoms with Crippen molar-refractivity contribution in [2.45, 2.75) is 25.4 Å². The highest BCUT2D eigenvalue weighted by molar-refractivity contribution is 5.82. The van der Waals surface area contributed by atoms with E-state index in [2.05, 4.69) is 5.10 Å². The van der Waals surface area contributed by atoms with Gasteiger partial charge in [-0.15, -0.1) is 0 Å². The smallest absolute Gasteiger partial charge is 0.418 e. The number of benzene rings is 2. The van der Waals surface area contributed by atoms with Gasteiger partial charge in [-0.2, -0.15) is 23.0 Å². The van der Waals surface area contributed by atoms with Gasteiger partial charge >= 0.3 is 6.18 Å². The minimum atomic E-state index is -4.74. The lowest BCUT2D eigenvalue weighted by atomic mass is 10.0. The van der Waals surface area contributed by atoms with Gasteiger partial charge in [-0.05, 0) is 49.6 Å². The highest BCUT2D eigenvalue weighted by Gasteiger charge is 2.37. The van der Waals surface area contributed by atoms with Crippen molar-refractivity contribution in [2.75, 3.05) is 50.2 Å². The van der Waals surface area contributed by atoms with Crippen molar-refractivity contribution >= 4 is 17.3 Å². The summed E-state index contributed by atoms with van der Waals surface area (Å²) in [5.74, 6) is 0.218. The number of fused-ring (bicyclic) bond motifs is 1. The van der Waals surface area contributed by atoms with Crippen LogP contribution in [0.1, 0.15) is 24.0 Å². The summed E-state index contributed by atoms with van der Waals surface area (Å²) >= 11 is 0. The Kier molecular flexibility index (Phi) is 6.87. The number of primary amides is 1. The van der Waals surface area contributed by atoms with Gasteiger partial charge in [0.15, 0.2) is 0 Å². The maximum Gasteiger partial charge on any atom is 0.418 e. The van der Waals surface area contributed by atoms with Gasteiger partial charge in [0.05, 0.1) is 37.7 Å². The molecule has 1 aromatic heterocycles. The van der Waals surface area contributed by atoms with Crippen LogP contribution in [0.25, 0.3) is 16.9 Å². The number of halogens is 3. The third kappa shape index (κ3) is 4.98.